The summed E-state index contributed by atoms with van der Waals surface area (Å²) in [5, 5.41) is 9.23. The maximum Gasteiger partial charge on any atom is 0.336 e. The highest BCUT2D eigenvalue weighted by molar-refractivity contribution is 8.00. The zero-order chi connectivity index (χ0) is 12.8. The molecular formula is C14H18O2S. The van der Waals surface area contributed by atoms with E-state index < -0.39 is 5.97 Å². The molecule has 0 atom stereocenters. The number of aromatic carboxylic acids is 1. The van der Waals surface area contributed by atoms with Crippen molar-refractivity contribution in [3.05, 3.63) is 29.3 Å². The molecule has 1 aromatic carbocycles. The predicted molar refractivity (Wildman–Crippen MR) is 70.8 cm³/mol. The van der Waals surface area contributed by atoms with Crippen LogP contribution >= 0.6 is 11.8 Å². The Morgan fingerprint density at radius 2 is 1.94 bits per heavy atom. The molecule has 0 aliphatic carbocycles. The van der Waals surface area contributed by atoms with Gasteiger partial charge < -0.3 is 5.11 Å². The third kappa shape index (κ3) is 1.97. The summed E-state index contributed by atoms with van der Waals surface area (Å²) in [4.78, 5) is 12.2. The molecule has 17 heavy (non-hydrogen) atoms. The molecule has 92 valence electrons. The third-order valence-corrected chi connectivity index (χ3v) is 5.70. The summed E-state index contributed by atoms with van der Waals surface area (Å²) in [6.07, 6.45) is 0.934. The highest BCUT2D eigenvalue weighted by Crippen LogP contribution is 2.53. The number of benzene rings is 1. The Morgan fingerprint density at radius 1 is 1.29 bits per heavy atom. The molecule has 0 fully saturated rings. The van der Waals surface area contributed by atoms with Gasteiger partial charge in [0.15, 0.2) is 0 Å². The van der Waals surface area contributed by atoms with Gasteiger partial charge in [0.05, 0.1) is 5.56 Å². The van der Waals surface area contributed by atoms with Gasteiger partial charge in [-0.05, 0) is 37.3 Å². The zero-order valence-corrected chi connectivity index (χ0v) is 11.5. The van der Waals surface area contributed by atoms with E-state index in [0.29, 0.717) is 5.56 Å². The van der Waals surface area contributed by atoms with Crippen molar-refractivity contribution in [1.29, 1.82) is 0 Å². The van der Waals surface area contributed by atoms with Crippen molar-refractivity contribution in [2.75, 3.05) is 0 Å². The maximum atomic E-state index is 11.2. The number of thioether (sulfide) groups is 1. The van der Waals surface area contributed by atoms with E-state index in [2.05, 4.69) is 27.7 Å². The van der Waals surface area contributed by atoms with Gasteiger partial charge >= 0.3 is 5.97 Å². The fraction of sp³-hybridized carbons (Fsp3) is 0.500. The van der Waals surface area contributed by atoms with Gasteiger partial charge in [-0.3, -0.25) is 0 Å². The molecule has 0 bridgehead atoms. The van der Waals surface area contributed by atoms with Crippen LogP contribution in [0.1, 0.15) is 43.6 Å². The summed E-state index contributed by atoms with van der Waals surface area (Å²) in [6.45, 7) is 8.88. The monoisotopic (exact) mass is 250 g/mol. The lowest BCUT2D eigenvalue weighted by atomic mass is 9.75. The number of fused-ring (bicyclic) bond motifs is 1. The van der Waals surface area contributed by atoms with Crippen LogP contribution in [-0.2, 0) is 6.42 Å². The fourth-order valence-corrected chi connectivity index (χ4v) is 3.49. The van der Waals surface area contributed by atoms with E-state index in [-0.39, 0.29) is 10.2 Å². The molecule has 3 heteroatoms. The summed E-state index contributed by atoms with van der Waals surface area (Å²) in [7, 11) is 0. The largest absolute Gasteiger partial charge is 0.478 e. The van der Waals surface area contributed by atoms with Crippen LogP contribution in [0.2, 0.25) is 0 Å². The van der Waals surface area contributed by atoms with Gasteiger partial charge in [0.2, 0.25) is 0 Å². The van der Waals surface area contributed by atoms with Crippen LogP contribution in [0.4, 0.5) is 0 Å². The molecule has 0 amide bonds. The number of hydrogen-bond donors (Lipinski definition) is 1. The Hall–Kier alpha value is -0.960. The Labute approximate surface area is 106 Å². The van der Waals surface area contributed by atoms with Gasteiger partial charge in [0.1, 0.15) is 0 Å². The van der Waals surface area contributed by atoms with Crippen LogP contribution < -0.4 is 0 Å². The van der Waals surface area contributed by atoms with E-state index in [0.717, 1.165) is 11.3 Å². The lowest BCUT2D eigenvalue weighted by molar-refractivity contribution is 0.0692. The first-order valence-corrected chi connectivity index (χ1v) is 6.60. The number of carboxylic acids is 1. The Bertz CT molecular complexity index is 475. The van der Waals surface area contributed by atoms with Crippen LogP contribution in [0.25, 0.3) is 0 Å². The second kappa shape index (κ2) is 3.77. The van der Waals surface area contributed by atoms with Crippen LogP contribution in [0.5, 0.6) is 0 Å². The Balaban J connectivity index is 2.57. The third-order valence-electron chi connectivity index (χ3n) is 3.95. The van der Waals surface area contributed by atoms with E-state index in [9.17, 15) is 9.90 Å². The second-order valence-electron chi connectivity index (χ2n) is 5.77. The molecule has 0 spiro atoms. The molecule has 0 saturated carbocycles. The molecule has 0 radical (unpaired) electrons. The average molecular weight is 250 g/mol. The highest BCUT2D eigenvalue weighted by Gasteiger charge is 2.43. The Kier molecular flexibility index (Phi) is 2.77. The van der Waals surface area contributed by atoms with Crippen molar-refractivity contribution in [2.24, 2.45) is 5.41 Å². The lowest BCUT2D eigenvalue weighted by Crippen LogP contribution is -2.40. The minimum atomic E-state index is -0.829. The van der Waals surface area contributed by atoms with E-state index in [1.165, 1.54) is 5.56 Å². The Morgan fingerprint density at radius 3 is 2.53 bits per heavy atom. The summed E-state index contributed by atoms with van der Waals surface area (Å²) in [5.74, 6) is -0.829. The van der Waals surface area contributed by atoms with E-state index in [1.54, 1.807) is 17.8 Å². The van der Waals surface area contributed by atoms with E-state index in [1.807, 2.05) is 12.1 Å². The van der Waals surface area contributed by atoms with E-state index in [4.69, 9.17) is 0 Å². The molecule has 2 nitrogen and oxygen atoms in total. The quantitative estimate of drug-likeness (QED) is 0.823. The van der Waals surface area contributed by atoms with Gasteiger partial charge in [-0.15, -0.1) is 11.8 Å². The summed E-state index contributed by atoms with van der Waals surface area (Å²) >= 11 is 1.70. The van der Waals surface area contributed by atoms with Crippen molar-refractivity contribution in [2.45, 2.75) is 43.8 Å². The molecule has 1 aliphatic heterocycles. The summed E-state index contributed by atoms with van der Waals surface area (Å²) < 4.78 is 0.0472. The maximum absolute atomic E-state index is 11.2. The topological polar surface area (TPSA) is 37.3 Å². The summed E-state index contributed by atoms with van der Waals surface area (Å²) in [5.41, 5.74) is 1.78. The molecule has 2 rings (SSSR count). The fourth-order valence-electron chi connectivity index (χ4n) is 2.10. The van der Waals surface area contributed by atoms with Crippen molar-refractivity contribution in [3.8, 4) is 0 Å². The van der Waals surface area contributed by atoms with Crippen LogP contribution in [0.3, 0.4) is 0 Å². The van der Waals surface area contributed by atoms with Crippen molar-refractivity contribution >= 4 is 17.7 Å². The molecule has 1 heterocycles. The van der Waals surface area contributed by atoms with Crippen molar-refractivity contribution < 1.29 is 9.90 Å². The van der Waals surface area contributed by atoms with Crippen molar-refractivity contribution in [3.63, 3.8) is 0 Å². The van der Waals surface area contributed by atoms with Gasteiger partial charge in [0.25, 0.3) is 0 Å². The van der Waals surface area contributed by atoms with Gasteiger partial charge in [0, 0.05) is 9.64 Å². The standard InChI is InChI=1S/C14H18O2S/c1-13(2)8-9-6-5-7-10(12(15)16)11(9)17-14(13,3)4/h5-7H,8H2,1-4H3,(H,15,16). The zero-order valence-electron chi connectivity index (χ0n) is 10.7. The van der Waals surface area contributed by atoms with E-state index >= 15 is 0 Å². The smallest absolute Gasteiger partial charge is 0.336 e. The molecule has 0 aromatic heterocycles. The van der Waals surface area contributed by atoms with Gasteiger partial charge in [-0.25, -0.2) is 4.79 Å². The number of rotatable bonds is 1. The minimum Gasteiger partial charge on any atom is -0.478 e. The summed E-state index contributed by atoms with van der Waals surface area (Å²) in [6, 6.07) is 5.59. The van der Waals surface area contributed by atoms with Crippen LogP contribution in [0, 0.1) is 5.41 Å². The first-order chi connectivity index (χ1) is 7.74. The normalized spacial score (nSPS) is 20.7. The number of hydrogen-bond acceptors (Lipinski definition) is 2. The molecule has 1 aromatic rings. The lowest BCUT2D eigenvalue weighted by Gasteiger charge is -2.46. The predicted octanol–water partition coefficient (Wildman–Crippen LogP) is 3.84. The van der Waals surface area contributed by atoms with Gasteiger partial charge in [-0.1, -0.05) is 26.0 Å². The second-order valence-corrected chi connectivity index (χ2v) is 7.40. The molecular weight excluding hydrogens is 232 g/mol. The number of carbonyl (C=O) groups is 1. The molecule has 1 N–H and O–H groups in total. The van der Waals surface area contributed by atoms with Gasteiger partial charge in [-0.2, -0.15) is 0 Å². The van der Waals surface area contributed by atoms with Crippen LogP contribution in [-0.4, -0.2) is 15.8 Å². The average Bonchev–Trinajstić information content (AvgIpc) is 2.17. The first-order valence-electron chi connectivity index (χ1n) is 5.79. The number of carboxylic acid groups (broad SMARTS) is 1. The molecule has 0 unspecified atom stereocenters. The molecule has 1 aliphatic rings. The molecule has 0 saturated heterocycles. The van der Waals surface area contributed by atoms with Crippen LogP contribution in [0.15, 0.2) is 23.1 Å². The SMILES string of the molecule is CC1(C)Cc2cccc(C(=O)O)c2SC1(C)C. The first kappa shape index (κ1) is 12.5. The van der Waals surface area contributed by atoms with Crippen molar-refractivity contribution in [1.82, 2.24) is 0 Å². The minimum absolute atomic E-state index is 0.0472. The highest BCUT2D eigenvalue weighted by atomic mass is 32.2.